The number of hydrogen-bond acceptors (Lipinski definition) is 6. The van der Waals surface area contributed by atoms with Crippen LogP contribution in [-0.2, 0) is 4.74 Å². The monoisotopic (exact) mass is 446 g/mol. The highest BCUT2D eigenvalue weighted by Crippen LogP contribution is 2.36. The molecule has 30 heavy (non-hydrogen) atoms. The average molecular weight is 447 g/mol. The van der Waals surface area contributed by atoms with E-state index in [1.807, 2.05) is 23.6 Å². The van der Waals surface area contributed by atoms with Gasteiger partial charge in [0.2, 0.25) is 0 Å². The molecule has 0 saturated heterocycles. The van der Waals surface area contributed by atoms with E-state index in [0.717, 1.165) is 5.56 Å². The Labute approximate surface area is 185 Å². The summed E-state index contributed by atoms with van der Waals surface area (Å²) in [6, 6.07) is 12.4. The predicted molar refractivity (Wildman–Crippen MR) is 120 cm³/mol. The van der Waals surface area contributed by atoms with Crippen LogP contribution in [0.15, 0.2) is 47.8 Å². The smallest absolute Gasteiger partial charge is 0.260 e. The summed E-state index contributed by atoms with van der Waals surface area (Å²) in [5.41, 5.74) is 2.06. The molecule has 1 amide bonds. The van der Waals surface area contributed by atoms with Crippen LogP contribution >= 0.6 is 22.9 Å². The molecule has 0 spiro atoms. The van der Waals surface area contributed by atoms with E-state index in [1.165, 1.54) is 11.3 Å². The van der Waals surface area contributed by atoms with Gasteiger partial charge in [0, 0.05) is 41.8 Å². The zero-order valence-corrected chi connectivity index (χ0v) is 18.6. The maximum absolute atomic E-state index is 13.2. The maximum Gasteiger partial charge on any atom is 0.260 e. The minimum Gasteiger partial charge on any atom is -0.497 e. The Balaban J connectivity index is 1.94. The van der Waals surface area contributed by atoms with Gasteiger partial charge in [-0.2, -0.15) is 0 Å². The third kappa shape index (κ3) is 5.11. The van der Waals surface area contributed by atoms with Crippen LogP contribution in [0.3, 0.4) is 0 Å². The first-order valence-corrected chi connectivity index (χ1v) is 10.6. The Morgan fingerprint density at radius 3 is 2.53 bits per heavy atom. The van der Waals surface area contributed by atoms with Crippen LogP contribution in [0.2, 0.25) is 5.02 Å². The number of benzene rings is 2. The van der Waals surface area contributed by atoms with E-state index >= 15 is 0 Å². The van der Waals surface area contributed by atoms with Crippen LogP contribution in [0.1, 0.15) is 16.8 Å². The van der Waals surface area contributed by atoms with Crippen molar-refractivity contribution in [2.75, 3.05) is 39.4 Å². The van der Waals surface area contributed by atoms with Crippen molar-refractivity contribution >= 4 is 34.0 Å². The number of hydrogen-bond donors (Lipinski definition) is 0. The topological polar surface area (TPSA) is 60.9 Å². The van der Waals surface area contributed by atoms with E-state index in [1.54, 1.807) is 50.5 Å². The normalized spacial score (nSPS) is 10.7. The fraction of sp³-hybridized carbons (Fsp3) is 0.273. The number of nitrogens with zero attached hydrogens (tertiary/aromatic N) is 2. The number of rotatable bonds is 9. The molecule has 3 rings (SSSR count). The van der Waals surface area contributed by atoms with Crippen LogP contribution < -0.4 is 14.4 Å². The molecule has 6 nitrogen and oxygen atoms in total. The second-order valence-corrected chi connectivity index (χ2v) is 7.66. The summed E-state index contributed by atoms with van der Waals surface area (Å²) < 4.78 is 16.0. The van der Waals surface area contributed by atoms with E-state index in [2.05, 4.69) is 0 Å². The van der Waals surface area contributed by atoms with Crippen LogP contribution in [0, 0.1) is 0 Å². The number of thiazole rings is 1. The molecule has 0 aliphatic heterocycles. The molecule has 8 heteroatoms. The maximum atomic E-state index is 13.2. The van der Waals surface area contributed by atoms with Gasteiger partial charge < -0.3 is 14.2 Å². The number of methoxy groups -OCH3 is 3. The number of carbonyl (C=O) groups excluding carboxylic acids is 1. The molecule has 2 aromatic carbocycles. The van der Waals surface area contributed by atoms with Gasteiger partial charge in [0.05, 0.1) is 19.9 Å². The molecule has 3 aromatic rings. The van der Waals surface area contributed by atoms with Gasteiger partial charge in [-0.3, -0.25) is 9.69 Å². The highest BCUT2D eigenvalue weighted by Gasteiger charge is 2.22. The molecule has 1 heterocycles. The second kappa shape index (κ2) is 10.4. The van der Waals surface area contributed by atoms with Gasteiger partial charge in [-0.05, 0) is 48.9 Å². The van der Waals surface area contributed by atoms with Crippen molar-refractivity contribution in [1.82, 2.24) is 4.98 Å². The molecule has 0 aliphatic carbocycles. The summed E-state index contributed by atoms with van der Waals surface area (Å²) in [5, 5.41) is 3.09. The van der Waals surface area contributed by atoms with Crippen LogP contribution in [0.5, 0.6) is 11.5 Å². The number of aromatic nitrogens is 1. The Morgan fingerprint density at radius 2 is 1.87 bits per heavy atom. The Bertz CT molecular complexity index is 991. The summed E-state index contributed by atoms with van der Waals surface area (Å²) in [4.78, 5) is 19.6. The van der Waals surface area contributed by atoms with Crippen LogP contribution in [0.4, 0.5) is 5.13 Å². The number of halogens is 1. The van der Waals surface area contributed by atoms with Crippen molar-refractivity contribution in [3.63, 3.8) is 0 Å². The van der Waals surface area contributed by atoms with Gasteiger partial charge in [-0.15, -0.1) is 11.3 Å². The molecule has 0 fully saturated rings. The van der Waals surface area contributed by atoms with Crippen LogP contribution in [-0.4, -0.2) is 45.4 Å². The number of amides is 1. The molecular formula is C22H23ClN2O4S. The molecule has 0 aliphatic rings. The first-order valence-electron chi connectivity index (χ1n) is 9.31. The fourth-order valence-corrected chi connectivity index (χ4v) is 3.90. The lowest BCUT2D eigenvalue weighted by atomic mass is 10.1. The SMILES string of the molecule is COCCCN(C(=O)c1ccc(Cl)cc1)c1nc(-c2cc(OC)ccc2OC)cs1. The lowest BCUT2D eigenvalue weighted by Gasteiger charge is -2.20. The number of ether oxygens (including phenoxy) is 3. The minimum absolute atomic E-state index is 0.138. The quantitative estimate of drug-likeness (QED) is 0.424. The first kappa shape index (κ1) is 22.1. The third-order valence-electron chi connectivity index (χ3n) is 4.47. The lowest BCUT2D eigenvalue weighted by Crippen LogP contribution is -2.32. The van der Waals surface area contributed by atoms with Crippen molar-refractivity contribution in [2.45, 2.75) is 6.42 Å². The molecule has 0 saturated carbocycles. The van der Waals surface area contributed by atoms with E-state index < -0.39 is 0 Å². The molecule has 0 N–H and O–H groups in total. The molecule has 0 atom stereocenters. The van der Waals surface area contributed by atoms with E-state index in [-0.39, 0.29) is 5.91 Å². The highest BCUT2D eigenvalue weighted by molar-refractivity contribution is 7.14. The highest BCUT2D eigenvalue weighted by atomic mass is 35.5. The Morgan fingerprint density at radius 1 is 1.10 bits per heavy atom. The summed E-state index contributed by atoms with van der Waals surface area (Å²) in [7, 11) is 4.86. The average Bonchev–Trinajstić information content (AvgIpc) is 3.26. The zero-order valence-electron chi connectivity index (χ0n) is 17.1. The van der Waals surface area contributed by atoms with Gasteiger partial charge in [0.25, 0.3) is 5.91 Å². The van der Waals surface area contributed by atoms with Crippen molar-refractivity contribution in [1.29, 1.82) is 0 Å². The van der Waals surface area contributed by atoms with Crippen molar-refractivity contribution < 1.29 is 19.0 Å². The van der Waals surface area contributed by atoms with E-state index in [9.17, 15) is 4.79 Å². The molecule has 0 radical (unpaired) electrons. The molecular weight excluding hydrogens is 424 g/mol. The molecule has 0 unspecified atom stereocenters. The van der Waals surface area contributed by atoms with Gasteiger partial charge in [0.1, 0.15) is 11.5 Å². The Hall–Kier alpha value is -2.61. The Kier molecular flexibility index (Phi) is 7.68. The van der Waals surface area contributed by atoms with Crippen LogP contribution in [0.25, 0.3) is 11.3 Å². The largest absolute Gasteiger partial charge is 0.497 e. The fourth-order valence-electron chi connectivity index (χ4n) is 2.93. The van der Waals surface area contributed by atoms with E-state index in [4.69, 9.17) is 30.8 Å². The third-order valence-corrected chi connectivity index (χ3v) is 5.59. The summed E-state index contributed by atoms with van der Waals surface area (Å²) in [5.74, 6) is 1.25. The molecule has 158 valence electrons. The number of anilines is 1. The van der Waals surface area contributed by atoms with E-state index in [0.29, 0.717) is 52.5 Å². The summed E-state index contributed by atoms with van der Waals surface area (Å²) in [6.07, 6.45) is 0.688. The molecule has 1 aromatic heterocycles. The lowest BCUT2D eigenvalue weighted by molar-refractivity contribution is 0.0983. The number of carbonyl (C=O) groups is 1. The minimum atomic E-state index is -0.138. The summed E-state index contributed by atoms with van der Waals surface area (Å²) in [6.45, 7) is 1.03. The summed E-state index contributed by atoms with van der Waals surface area (Å²) >= 11 is 7.37. The van der Waals surface area contributed by atoms with Gasteiger partial charge in [0.15, 0.2) is 5.13 Å². The standard InChI is InChI=1S/C22H23ClN2O4S/c1-27-12-4-11-25(21(26)15-5-7-16(23)8-6-15)22-24-19(14-30-22)18-13-17(28-2)9-10-20(18)29-3/h5-10,13-14H,4,11-12H2,1-3H3. The van der Waals surface area contributed by atoms with Gasteiger partial charge in [-0.1, -0.05) is 11.6 Å². The van der Waals surface area contributed by atoms with Gasteiger partial charge in [-0.25, -0.2) is 4.98 Å². The molecule has 0 bridgehead atoms. The van der Waals surface area contributed by atoms with Crippen molar-refractivity contribution in [2.24, 2.45) is 0 Å². The van der Waals surface area contributed by atoms with Crippen molar-refractivity contribution in [3.8, 4) is 22.8 Å². The van der Waals surface area contributed by atoms with Gasteiger partial charge >= 0.3 is 0 Å². The van der Waals surface area contributed by atoms with Crippen molar-refractivity contribution in [3.05, 3.63) is 58.4 Å². The second-order valence-electron chi connectivity index (χ2n) is 6.39. The first-order chi connectivity index (χ1) is 14.6. The zero-order chi connectivity index (χ0) is 21.5. The predicted octanol–water partition coefficient (Wildman–Crippen LogP) is 5.16.